The highest BCUT2D eigenvalue weighted by Gasteiger charge is 2.22. The van der Waals surface area contributed by atoms with Gasteiger partial charge >= 0.3 is 0 Å². The van der Waals surface area contributed by atoms with Gasteiger partial charge in [0.15, 0.2) is 0 Å². The monoisotopic (exact) mass is 716 g/mol. The van der Waals surface area contributed by atoms with Crippen LogP contribution in [0, 0.1) is 0 Å². The normalized spacial score (nSPS) is 11.6. The summed E-state index contributed by atoms with van der Waals surface area (Å²) in [6, 6.07) is 65.5. The van der Waals surface area contributed by atoms with Crippen LogP contribution in [0.2, 0.25) is 0 Å². The maximum absolute atomic E-state index is 6.71. The molecule has 5 nitrogen and oxygen atoms in total. The van der Waals surface area contributed by atoms with Gasteiger partial charge in [0.05, 0.1) is 22.9 Å². The zero-order valence-electron chi connectivity index (χ0n) is 30.2. The molecular formula is C51H32N4O. The smallest absolute Gasteiger partial charge is 0.219 e. The molecule has 0 unspecified atom stereocenters. The van der Waals surface area contributed by atoms with Crippen molar-refractivity contribution in [2.24, 2.45) is 0 Å². The Balaban J connectivity index is 1.11. The van der Waals surface area contributed by atoms with E-state index in [-0.39, 0.29) is 0 Å². The summed E-state index contributed by atoms with van der Waals surface area (Å²) >= 11 is 0. The maximum atomic E-state index is 6.71. The van der Waals surface area contributed by atoms with Crippen molar-refractivity contribution in [1.29, 1.82) is 0 Å². The lowest BCUT2D eigenvalue weighted by Gasteiger charge is -2.14. The molecular weight excluding hydrogens is 685 g/mol. The van der Waals surface area contributed by atoms with Gasteiger partial charge in [0.2, 0.25) is 5.88 Å². The van der Waals surface area contributed by atoms with Gasteiger partial charge in [0, 0.05) is 49.8 Å². The minimum absolute atomic E-state index is 0.498. The molecule has 0 aliphatic heterocycles. The summed E-state index contributed by atoms with van der Waals surface area (Å²) in [5.74, 6) is 1.16. The van der Waals surface area contributed by atoms with E-state index >= 15 is 0 Å². The number of benzene rings is 8. The van der Waals surface area contributed by atoms with E-state index in [0.29, 0.717) is 11.6 Å². The van der Waals surface area contributed by atoms with Gasteiger partial charge in [-0.25, -0.2) is 4.98 Å². The third-order valence-corrected chi connectivity index (χ3v) is 10.8. The number of fused-ring (bicyclic) bond motifs is 9. The van der Waals surface area contributed by atoms with E-state index in [1.54, 1.807) is 6.20 Å². The number of pyridine rings is 1. The number of hydrogen-bond donors (Lipinski definition) is 0. The Morgan fingerprint density at radius 3 is 1.91 bits per heavy atom. The first-order valence-electron chi connectivity index (χ1n) is 18.8. The molecule has 56 heavy (non-hydrogen) atoms. The fourth-order valence-electron chi connectivity index (χ4n) is 8.34. The molecule has 11 aromatic rings. The van der Waals surface area contributed by atoms with Crippen molar-refractivity contribution in [2.45, 2.75) is 0 Å². The SMILES string of the molecule is c1ccc(-c2cc(Oc3cccc(-c4cccc5c6c7ccccc7c7ccccc7c6n(-c6ccccc6)c45)n3)cc(-c3nncc4ccccc34)c2)cc1. The number of ether oxygens (including phenoxy) is 1. The van der Waals surface area contributed by atoms with Crippen molar-refractivity contribution in [3.05, 3.63) is 194 Å². The number of rotatable bonds is 6. The van der Waals surface area contributed by atoms with Crippen LogP contribution in [0.4, 0.5) is 0 Å². The van der Waals surface area contributed by atoms with Gasteiger partial charge in [0.1, 0.15) is 11.4 Å². The fourth-order valence-corrected chi connectivity index (χ4v) is 8.34. The molecule has 0 aliphatic carbocycles. The van der Waals surface area contributed by atoms with Gasteiger partial charge in [0.25, 0.3) is 0 Å². The number of aromatic nitrogens is 4. The van der Waals surface area contributed by atoms with Crippen LogP contribution in [0.1, 0.15) is 0 Å². The van der Waals surface area contributed by atoms with Crippen molar-refractivity contribution < 1.29 is 4.74 Å². The van der Waals surface area contributed by atoms with Gasteiger partial charge in [-0.3, -0.25) is 0 Å². The zero-order valence-corrected chi connectivity index (χ0v) is 30.2. The van der Waals surface area contributed by atoms with Gasteiger partial charge in [-0.2, -0.15) is 5.10 Å². The lowest BCUT2D eigenvalue weighted by molar-refractivity contribution is 0.464. The molecule has 0 radical (unpaired) electrons. The average Bonchev–Trinajstić information content (AvgIpc) is 3.63. The number of nitrogens with zero attached hydrogens (tertiary/aromatic N) is 4. The second kappa shape index (κ2) is 13.0. The molecule has 0 fully saturated rings. The Morgan fingerprint density at radius 1 is 0.446 bits per heavy atom. The highest BCUT2D eigenvalue weighted by atomic mass is 16.5. The second-order valence-corrected chi connectivity index (χ2v) is 14.0. The third-order valence-electron chi connectivity index (χ3n) is 10.8. The van der Waals surface area contributed by atoms with Crippen LogP contribution in [-0.2, 0) is 0 Å². The van der Waals surface area contributed by atoms with Gasteiger partial charge in [-0.15, -0.1) is 5.10 Å². The quantitative estimate of drug-likeness (QED) is 0.161. The van der Waals surface area contributed by atoms with Crippen LogP contribution in [0.5, 0.6) is 11.6 Å². The largest absolute Gasteiger partial charge is 0.439 e. The topological polar surface area (TPSA) is 52.8 Å². The fraction of sp³-hybridized carbons (Fsp3) is 0. The van der Waals surface area contributed by atoms with Crippen LogP contribution in [0.25, 0.3) is 93.5 Å². The molecule has 0 spiro atoms. The summed E-state index contributed by atoms with van der Waals surface area (Å²) in [5.41, 5.74) is 9.02. The van der Waals surface area contributed by atoms with Crippen molar-refractivity contribution >= 4 is 54.1 Å². The van der Waals surface area contributed by atoms with E-state index < -0.39 is 0 Å². The van der Waals surface area contributed by atoms with E-state index in [9.17, 15) is 0 Å². The summed E-state index contributed by atoms with van der Waals surface area (Å²) in [4.78, 5) is 5.21. The number of para-hydroxylation sites is 2. The Morgan fingerprint density at radius 2 is 1.09 bits per heavy atom. The van der Waals surface area contributed by atoms with E-state index in [1.165, 1.54) is 37.8 Å². The predicted molar refractivity (Wildman–Crippen MR) is 230 cm³/mol. The van der Waals surface area contributed by atoms with Gasteiger partial charge in [-0.1, -0.05) is 146 Å². The Kier molecular flexibility index (Phi) is 7.42. The standard InChI is InChI=1S/C51H32N4O/c1-3-15-33(16-4-1)35-29-36(49-39-20-8-7-17-34(39)32-52-54-49)31-38(30-35)56-47-28-14-27-46(53-47)44-25-13-26-45-48-42-23-11-9-21-40(42)41-22-10-12-24-43(41)51(48)55(50(44)45)37-18-5-2-6-19-37/h1-32H. The molecule has 0 saturated heterocycles. The highest BCUT2D eigenvalue weighted by molar-refractivity contribution is 6.33. The first-order valence-corrected chi connectivity index (χ1v) is 18.8. The summed E-state index contributed by atoms with van der Waals surface area (Å²) in [6.07, 6.45) is 1.80. The lowest BCUT2D eigenvalue weighted by atomic mass is 9.96. The van der Waals surface area contributed by atoms with Crippen molar-refractivity contribution in [3.8, 4) is 51.0 Å². The molecule has 3 aromatic heterocycles. The Labute approximate surface area is 322 Å². The molecule has 0 N–H and O–H groups in total. The molecule has 8 aromatic carbocycles. The molecule has 0 aliphatic rings. The van der Waals surface area contributed by atoms with E-state index in [1.807, 2.05) is 48.5 Å². The van der Waals surface area contributed by atoms with Gasteiger partial charge in [-0.05, 0) is 63.7 Å². The third kappa shape index (κ3) is 5.21. The Bertz CT molecular complexity index is 3280. The summed E-state index contributed by atoms with van der Waals surface area (Å²) < 4.78 is 9.13. The second-order valence-electron chi connectivity index (χ2n) is 14.0. The summed E-state index contributed by atoms with van der Waals surface area (Å²) in [6.45, 7) is 0. The van der Waals surface area contributed by atoms with Crippen LogP contribution >= 0.6 is 0 Å². The molecule has 0 amide bonds. The Hall–Kier alpha value is -7.63. The molecule has 5 heteroatoms. The van der Waals surface area contributed by atoms with Crippen LogP contribution in [0.15, 0.2) is 194 Å². The zero-order chi connectivity index (χ0) is 37.0. The van der Waals surface area contributed by atoms with E-state index in [2.05, 4.69) is 154 Å². The van der Waals surface area contributed by atoms with Crippen molar-refractivity contribution in [1.82, 2.24) is 19.7 Å². The van der Waals surface area contributed by atoms with Crippen molar-refractivity contribution in [2.75, 3.05) is 0 Å². The molecule has 262 valence electrons. The molecule has 3 heterocycles. The van der Waals surface area contributed by atoms with Crippen LogP contribution in [0.3, 0.4) is 0 Å². The van der Waals surface area contributed by atoms with Gasteiger partial charge < -0.3 is 9.30 Å². The van der Waals surface area contributed by atoms with E-state index in [4.69, 9.17) is 9.72 Å². The maximum Gasteiger partial charge on any atom is 0.219 e. The van der Waals surface area contributed by atoms with Crippen LogP contribution < -0.4 is 4.74 Å². The molecule has 11 rings (SSSR count). The predicted octanol–water partition coefficient (Wildman–Crippen LogP) is 13.2. The van der Waals surface area contributed by atoms with Crippen molar-refractivity contribution in [3.63, 3.8) is 0 Å². The lowest BCUT2D eigenvalue weighted by Crippen LogP contribution is -1.97. The minimum atomic E-state index is 0.498. The first-order chi connectivity index (χ1) is 27.8. The van der Waals surface area contributed by atoms with E-state index in [0.717, 1.165) is 55.6 Å². The highest BCUT2D eigenvalue weighted by Crippen LogP contribution is 2.45. The molecule has 0 saturated carbocycles. The summed E-state index contributed by atoms with van der Waals surface area (Å²) in [5, 5.41) is 18.3. The molecule has 0 bridgehead atoms. The average molecular weight is 717 g/mol. The number of hydrogen-bond acceptors (Lipinski definition) is 4. The minimum Gasteiger partial charge on any atom is -0.439 e. The molecule has 0 atom stereocenters. The van der Waals surface area contributed by atoms with Crippen LogP contribution in [-0.4, -0.2) is 19.7 Å². The summed E-state index contributed by atoms with van der Waals surface area (Å²) in [7, 11) is 0. The first kappa shape index (κ1) is 31.9.